The highest BCUT2D eigenvalue weighted by atomic mass is 32.1. The van der Waals surface area contributed by atoms with E-state index in [1.807, 2.05) is 0 Å². The summed E-state index contributed by atoms with van der Waals surface area (Å²) in [6.45, 7) is 3.65. The van der Waals surface area contributed by atoms with E-state index in [1.54, 1.807) is 49.1 Å². The van der Waals surface area contributed by atoms with Gasteiger partial charge in [-0.3, -0.25) is 4.79 Å². The third kappa shape index (κ3) is 6.61. The lowest BCUT2D eigenvalue weighted by molar-refractivity contribution is -0.0100. The van der Waals surface area contributed by atoms with Gasteiger partial charge in [0, 0.05) is 69.6 Å². The van der Waals surface area contributed by atoms with Gasteiger partial charge in [0.15, 0.2) is 5.13 Å². The number of rotatable bonds is 9. The van der Waals surface area contributed by atoms with Gasteiger partial charge in [0.05, 0.1) is 30.6 Å². The topological polar surface area (TPSA) is 139 Å². The average Bonchev–Trinajstić information content (AvgIpc) is 3.45. The van der Waals surface area contributed by atoms with Crippen LogP contribution in [-0.2, 0) is 9.47 Å². The standard InChI is InChI=1S/C26H30N6O6S/c1-36-15-19-14-32(11-12-37-19)17-3-4-21(20(13-17)24(34)35)29-23(33)22-16-39-26(30-22)31-9-5-18(6-10-31)38-25-27-7-2-8-28-25/h2-4,7-8,13,16,18-19H,5-6,9-12,14-15H2,1H3,(H,29,33)(H,34,35)/t19-/m0/s1. The number of benzene rings is 1. The zero-order chi connectivity index (χ0) is 27.2. The number of amides is 1. The van der Waals surface area contributed by atoms with E-state index in [1.165, 1.54) is 11.3 Å². The fourth-order valence-corrected chi connectivity index (χ4v) is 5.48. The molecule has 13 heteroatoms. The van der Waals surface area contributed by atoms with E-state index in [4.69, 9.17) is 14.2 Å². The smallest absolute Gasteiger partial charge is 0.337 e. The first kappa shape index (κ1) is 26.8. The number of aromatic nitrogens is 3. The van der Waals surface area contributed by atoms with Gasteiger partial charge in [-0.25, -0.2) is 19.7 Å². The monoisotopic (exact) mass is 554 g/mol. The van der Waals surface area contributed by atoms with Crippen LogP contribution in [0.1, 0.15) is 33.7 Å². The summed E-state index contributed by atoms with van der Waals surface area (Å²) in [7, 11) is 1.62. The number of morpholine rings is 1. The molecule has 0 radical (unpaired) electrons. The summed E-state index contributed by atoms with van der Waals surface area (Å²) in [6.07, 6.45) is 4.79. The first-order valence-corrected chi connectivity index (χ1v) is 13.6. The number of nitrogens with one attached hydrogen (secondary N) is 1. The Balaban J connectivity index is 1.20. The van der Waals surface area contributed by atoms with Gasteiger partial charge in [-0.1, -0.05) is 0 Å². The fourth-order valence-electron chi connectivity index (χ4n) is 4.62. The maximum Gasteiger partial charge on any atom is 0.337 e. The molecule has 4 heterocycles. The number of carboxylic acid groups (broad SMARTS) is 1. The third-order valence-corrected chi connectivity index (χ3v) is 7.49. The number of carboxylic acids is 1. The lowest BCUT2D eigenvalue weighted by atomic mass is 10.1. The average molecular weight is 555 g/mol. The first-order chi connectivity index (χ1) is 19.0. The molecule has 1 amide bonds. The zero-order valence-corrected chi connectivity index (χ0v) is 22.3. The summed E-state index contributed by atoms with van der Waals surface area (Å²) >= 11 is 1.38. The maximum atomic E-state index is 13.0. The van der Waals surface area contributed by atoms with Crippen molar-refractivity contribution in [3.63, 3.8) is 0 Å². The lowest BCUT2D eigenvalue weighted by Gasteiger charge is -2.34. The van der Waals surface area contributed by atoms with E-state index >= 15 is 0 Å². The molecule has 2 fully saturated rings. The Morgan fingerprint density at radius 2 is 1.97 bits per heavy atom. The number of piperidine rings is 1. The summed E-state index contributed by atoms with van der Waals surface area (Å²) in [5.74, 6) is -1.59. The highest BCUT2D eigenvalue weighted by Gasteiger charge is 2.25. The third-order valence-electron chi connectivity index (χ3n) is 6.59. The Kier molecular flexibility index (Phi) is 8.49. The number of methoxy groups -OCH3 is 1. The number of anilines is 3. The Labute approximate surface area is 229 Å². The quantitative estimate of drug-likeness (QED) is 0.404. The predicted octanol–water partition coefficient (Wildman–Crippen LogP) is 2.78. The molecule has 39 heavy (non-hydrogen) atoms. The van der Waals surface area contributed by atoms with Crippen molar-refractivity contribution in [1.29, 1.82) is 0 Å². The second-order valence-corrected chi connectivity index (χ2v) is 10.1. The maximum absolute atomic E-state index is 13.0. The molecule has 0 bridgehead atoms. The van der Waals surface area contributed by atoms with Crippen LogP contribution >= 0.6 is 11.3 Å². The van der Waals surface area contributed by atoms with Crippen molar-refractivity contribution in [1.82, 2.24) is 15.0 Å². The van der Waals surface area contributed by atoms with E-state index in [2.05, 4.69) is 30.1 Å². The van der Waals surface area contributed by atoms with Gasteiger partial charge in [-0.05, 0) is 24.3 Å². The molecule has 2 aliphatic heterocycles. The van der Waals surface area contributed by atoms with E-state index < -0.39 is 11.9 Å². The molecule has 12 nitrogen and oxygen atoms in total. The minimum Gasteiger partial charge on any atom is -0.478 e. The van der Waals surface area contributed by atoms with Crippen LogP contribution in [-0.4, -0.2) is 90.6 Å². The van der Waals surface area contributed by atoms with Crippen LogP contribution in [0, 0.1) is 0 Å². The van der Waals surface area contributed by atoms with Crippen molar-refractivity contribution in [2.45, 2.75) is 25.0 Å². The first-order valence-electron chi connectivity index (χ1n) is 12.7. The number of thiazole rings is 1. The minimum absolute atomic E-state index is 0.00977. The Morgan fingerprint density at radius 3 is 2.72 bits per heavy atom. The molecule has 2 aromatic heterocycles. The van der Waals surface area contributed by atoms with Crippen LogP contribution in [0.4, 0.5) is 16.5 Å². The second kappa shape index (κ2) is 12.4. The molecule has 2 N–H and O–H groups in total. The van der Waals surface area contributed by atoms with Crippen molar-refractivity contribution < 1.29 is 28.9 Å². The molecule has 206 valence electrons. The van der Waals surface area contributed by atoms with Crippen molar-refractivity contribution in [2.75, 3.05) is 61.6 Å². The van der Waals surface area contributed by atoms with Crippen molar-refractivity contribution >= 4 is 39.7 Å². The van der Waals surface area contributed by atoms with Crippen molar-refractivity contribution in [3.05, 3.63) is 53.3 Å². The normalized spacial score (nSPS) is 18.1. The largest absolute Gasteiger partial charge is 0.478 e. The van der Waals surface area contributed by atoms with Crippen LogP contribution in [0.15, 0.2) is 42.0 Å². The molecule has 1 aromatic carbocycles. The number of aromatic carboxylic acids is 1. The summed E-state index contributed by atoms with van der Waals surface area (Å²) < 4.78 is 16.7. The number of carbonyl (C=O) groups is 2. The highest BCUT2D eigenvalue weighted by molar-refractivity contribution is 7.14. The summed E-state index contributed by atoms with van der Waals surface area (Å²) in [6, 6.07) is 7.11. The number of hydrogen-bond donors (Lipinski definition) is 2. The summed E-state index contributed by atoms with van der Waals surface area (Å²) in [4.78, 5) is 41.9. The van der Waals surface area contributed by atoms with E-state index in [9.17, 15) is 14.7 Å². The van der Waals surface area contributed by atoms with Crippen molar-refractivity contribution in [2.24, 2.45) is 0 Å². The number of carbonyl (C=O) groups excluding carboxylic acids is 1. The molecular formula is C26H30N6O6S. The van der Waals surface area contributed by atoms with Crippen LogP contribution in [0.5, 0.6) is 6.01 Å². The number of hydrogen-bond acceptors (Lipinski definition) is 11. The molecule has 0 spiro atoms. The van der Waals surface area contributed by atoms with Gasteiger partial charge >= 0.3 is 12.0 Å². The zero-order valence-electron chi connectivity index (χ0n) is 21.5. The molecule has 0 aliphatic carbocycles. The van der Waals surface area contributed by atoms with Gasteiger partial charge in [-0.15, -0.1) is 11.3 Å². The SMILES string of the molecule is COC[C@@H]1CN(c2ccc(NC(=O)c3csc(N4CCC(Oc5ncccn5)CC4)n3)c(C(=O)O)c2)CCO1. The molecule has 2 saturated heterocycles. The molecule has 0 saturated carbocycles. The Morgan fingerprint density at radius 1 is 1.18 bits per heavy atom. The van der Waals surface area contributed by atoms with Crippen LogP contribution in [0.2, 0.25) is 0 Å². The second-order valence-electron chi connectivity index (χ2n) is 9.23. The molecule has 3 aromatic rings. The summed E-state index contributed by atoms with van der Waals surface area (Å²) in [5, 5.41) is 15.0. The minimum atomic E-state index is -1.13. The van der Waals surface area contributed by atoms with Gasteiger partial charge in [0.2, 0.25) is 0 Å². The van der Waals surface area contributed by atoms with Crippen molar-refractivity contribution in [3.8, 4) is 6.01 Å². The molecular weight excluding hydrogens is 524 g/mol. The molecule has 1 atom stereocenters. The van der Waals surface area contributed by atoms with E-state index in [0.29, 0.717) is 32.3 Å². The van der Waals surface area contributed by atoms with E-state index in [-0.39, 0.29) is 29.2 Å². The fraction of sp³-hybridized carbons (Fsp3) is 0.423. The predicted molar refractivity (Wildman–Crippen MR) is 145 cm³/mol. The Bertz CT molecular complexity index is 1280. The molecule has 5 rings (SSSR count). The molecule has 0 unspecified atom stereocenters. The summed E-state index contributed by atoms with van der Waals surface area (Å²) in [5.41, 5.74) is 1.21. The van der Waals surface area contributed by atoms with Gasteiger partial charge in [0.25, 0.3) is 5.91 Å². The lowest BCUT2D eigenvalue weighted by Crippen LogP contribution is -2.44. The number of ether oxygens (including phenoxy) is 3. The van der Waals surface area contributed by atoms with Gasteiger partial charge < -0.3 is 34.4 Å². The Hall–Kier alpha value is -3.81. The highest BCUT2D eigenvalue weighted by Crippen LogP contribution is 2.28. The number of nitrogens with zero attached hydrogens (tertiary/aromatic N) is 5. The van der Waals surface area contributed by atoms with Crippen LogP contribution < -0.4 is 19.9 Å². The molecule has 2 aliphatic rings. The van der Waals surface area contributed by atoms with Crippen LogP contribution in [0.25, 0.3) is 0 Å². The van der Waals surface area contributed by atoms with Crippen LogP contribution in [0.3, 0.4) is 0 Å². The van der Waals surface area contributed by atoms with Gasteiger partial charge in [0.1, 0.15) is 11.8 Å². The van der Waals surface area contributed by atoms with Gasteiger partial charge in [-0.2, -0.15) is 0 Å². The van der Waals surface area contributed by atoms with E-state index in [0.717, 1.165) is 36.8 Å².